The first kappa shape index (κ1) is 20.0. The van der Waals surface area contributed by atoms with Crippen LogP contribution in [-0.4, -0.2) is 0 Å². The summed E-state index contributed by atoms with van der Waals surface area (Å²) in [5, 5.41) is 0. The summed E-state index contributed by atoms with van der Waals surface area (Å²) in [6.45, 7) is 4.18. The summed E-state index contributed by atoms with van der Waals surface area (Å²) in [6.07, 6.45) is 5.76. The summed E-state index contributed by atoms with van der Waals surface area (Å²) in [7, 11) is 0. The second-order valence-electron chi connectivity index (χ2n) is 7.28. The van der Waals surface area contributed by atoms with Crippen molar-refractivity contribution in [3.8, 4) is 0 Å². The minimum atomic E-state index is -0.768. The van der Waals surface area contributed by atoms with E-state index in [1.165, 1.54) is 11.1 Å². The lowest BCUT2D eigenvalue weighted by atomic mass is 9.93. The van der Waals surface area contributed by atoms with Crippen LogP contribution in [-0.2, 0) is 12.8 Å². The van der Waals surface area contributed by atoms with Crippen LogP contribution in [0.3, 0.4) is 0 Å². The molecular formula is C26H26F2. The maximum atomic E-state index is 14.2. The minimum Gasteiger partial charge on any atom is -0.203 e. The van der Waals surface area contributed by atoms with Gasteiger partial charge in [0.15, 0.2) is 11.6 Å². The standard InChI is InChI=1S/C26H26F2/c1-3-7-23-16-17-24(26(28)25(23)27)15-14-20-10-12-21(13-11-20)18-19(2)22-8-5-4-6-9-22/h4-6,8-17,19H,3,7,18H2,1-2H3/t19-/m0/s1. The van der Waals surface area contributed by atoms with E-state index in [1.807, 2.05) is 31.2 Å². The van der Waals surface area contributed by atoms with Gasteiger partial charge in [-0.15, -0.1) is 0 Å². The van der Waals surface area contributed by atoms with Gasteiger partial charge in [0.05, 0.1) is 0 Å². The molecule has 3 aromatic rings. The van der Waals surface area contributed by atoms with Crippen LogP contribution in [0.15, 0.2) is 66.7 Å². The first-order chi connectivity index (χ1) is 13.6. The Hall–Kier alpha value is -2.74. The van der Waals surface area contributed by atoms with Crippen molar-refractivity contribution in [2.45, 2.75) is 39.0 Å². The van der Waals surface area contributed by atoms with E-state index in [1.54, 1.807) is 18.2 Å². The molecule has 0 aliphatic carbocycles. The van der Waals surface area contributed by atoms with Gasteiger partial charge in [-0.3, -0.25) is 0 Å². The summed E-state index contributed by atoms with van der Waals surface area (Å²) >= 11 is 0. The first-order valence-electron chi connectivity index (χ1n) is 9.87. The zero-order chi connectivity index (χ0) is 19.9. The number of hydrogen-bond acceptors (Lipinski definition) is 0. The lowest BCUT2D eigenvalue weighted by Gasteiger charge is -2.12. The Morgan fingerprint density at radius 2 is 1.54 bits per heavy atom. The Morgan fingerprint density at radius 1 is 0.821 bits per heavy atom. The Morgan fingerprint density at radius 3 is 2.21 bits per heavy atom. The Labute approximate surface area is 166 Å². The molecule has 0 nitrogen and oxygen atoms in total. The molecule has 0 aliphatic heterocycles. The SMILES string of the molecule is CCCc1ccc(C=Cc2ccc(C[C@H](C)c3ccccc3)cc2)c(F)c1F. The quantitative estimate of drug-likeness (QED) is 0.376. The maximum absolute atomic E-state index is 14.2. The second-order valence-corrected chi connectivity index (χ2v) is 7.28. The van der Waals surface area contributed by atoms with E-state index < -0.39 is 11.6 Å². The molecule has 0 spiro atoms. The highest BCUT2D eigenvalue weighted by atomic mass is 19.2. The van der Waals surface area contributed by atoms with Crippen molar-refractivity contribution in [3.63, 3.8) is 0 Å². The first-order valence-corrected chi connectivity index (χ1v) is 9.87. The third-order valence-corrected chi connectivity index (χ3v) is 5.06. The maximum Gasteiger partial charge on any atom is 0.166 e. The molecule has 0 saturated heterocycles. The number of rotatable bonds is 7. The average molecular weight is 376 g/mol. The normalized spacial score (nSPS) is 12.4. The van der Waals surface area contributed by atoms with E-state index in [0.717, 1.165) is 18.4 Å². The van der Waals surface area contributed by atoms with Gasteiger partial charge in [-0.25, -0.2) is 8.78 Å². The fraction of sp³-hybridized carbons (Fsp3) is 0.231. The van der Waals surface area contributed by atoms with Crippen LogP contribution in [0, 0.1) is 11.6 Å². The van der Waals surface area contributed by atoms with Gasteiger partial charge >= 0.3 is 0 Å². The molecule has 0 N–H and O–H groups in total. The molecule has 0 fully saturated rings. The summed E-state index contributed by atoms with van der Waals surface area (Å²) < 4.78 is 28.3. The molecule has 0 heterocycles. The Bertz CT molecular complexity index is 925. The molecule has 0 bridgehead atoms. The molecule has 0 unspecified atom stereocenters. The molecule has 3 aromatic carbocycles. The fourth-order valence-electron chi connectivity index (χ4n) is 3.40. The lowest BCUT2D eigenvalue weighted by molar-refractivity contribution is 0.496. The van der Waals surface area contributed by atoms with Crippen molar-refractivity contribution < 1.29 is 8.78 Å². The van der Waals surface area contributed by atoms with Gasteiger partial charge in [0, 0.05) is 5.56 Å². The van der Waals surface area contributed by atoms with Crippen LogP contribution in [0.5, 0.6) is 0 Å². The molecule has 2 heteroatoms. The van der Waals surface area contributed by atoms with Crippen molar-refractivity contribution >= 4 is 12.2 Å². The molecule has 144 valence electrons. The summed E-state index contributed by atoms with van der Waals surface area (Å²) in [6, 6.07) is 22.0. The minimum absolute atomic E-state index is 0.277. The van der Waals surface area contributed by atoms with Gasteiger partial charge < -0.3 is 0 Å². The second kappa shape index (κ2) is 9.45. The fourth-order valence-corrected chi connectivity index (χ4v) is 3.40. The van der Waals surface area contributed by atoms with E-state index in [4.69, 9.17) is 0 Å². The predicted molar refractivity (Wildman–Crippen MR) is 114 cm³/mol. The highest BCUT2D eigenvalue weighted by molar-refractivity contribution is 5.70. The topological polar surface area (TPSA) is 0 Å². The van der Waals surface area contributed by atoms with Crippen LogP contribution in [0.25, 0.3) is 12.2 Å². The lowest BCUT2D eigenvalue weighted by Crippen LogP contribution is -1.98. The van der Waals surface area contributed by atoms with Gasteiger partial charge in [-0.1, -0.05) is 99.2 Å². The van der Waals surface area contributed by atoms with Gasteiger partial charge in [-0.2, -0.15) is 0 Å². The third-order valence-electron chi connectivity index (χ3n) is 5.06. The summed E-state index contributed by atoms with van der Waals surface area (Å²) in [5.41, 5.74) is 4.27. The summed E-state index contributed by atoms with van der Waals surface area (Å²) in [5.74, 6) is -1.05. The van der Waals surface area contributed by atoms with Crippen LogP contribution in [0.4, 0.5) is 8.78 Å². The van der Waals surface area contributed by atoms with E-state index >= 15 is 0 Å². The number of halogens is 2. The molecule has 1 atom stereocenters. The zero-order valence-electron chi connectivity index (χ0n) is 16.5. The Kier molecular flexibility index (Phi) is 6.76. The van der Waals surface area contributed by atoms with Crippen molar-refractivity contribution in [2.75, 3.05) is 0 Å². The highest BCUT2D eigenvalue weighted by Crippen LogP contribution is 2.22. The number of benzene rings is 3. The van der Waals surface area contributed by atoms with E-state index in [2.05, 4.69) is 43.3 Å². The van der Waals surface area contributed by atoms with Crippen molar-refractivity contribution in [3.05, 3.63) is 106 Å². The molecule has 0 radical (unpaired) electrons. The zero-order valence-corrected chi connectivity index (χ0v) is 16.5. The van der Waals surface area contributed by atoms with Crippen LogP contribution in [0.1, 0.15) is 54.0 Å². The Balaban J connectivity index is 1.68. The molecular weight excluding hydrogens is 350 g/mol. The number of hydrogen-bond donors (Lipinski definition) is 0. The van der Waals surface area contributed by atoms with Crippen LogP contribution < -0.4 is 0 Å². The molecule has 3 rings (SSSR count). The van der Waals surface area contributed by atoms with E-state index in [-0.39, 0.29) is 5.56 Å². The van der Waals surface area contributed by atoms with Gasteiger partial charge in [0.1, 0.15) is 0 Å². The van der Waals surface area contributed by atoms with Crippen molar-refractivity contribution in [2.24, 2.45) is 0 Å². The van der Waals surface area contributed by atoms with E-state index in [9.17, 15) is 8.78 Å². The third kappa shape index (κ3) is 4.95. The number of aryl methyl sites for hydroxylation is 1. The van der Waals surface area contributed by atoms with E-state index in [0.29, 0.717) is 17.9 Å². The van der Waals surface area contributed by atoms with Crippen molar-refractivity contribution in [1.82, 2.24) is 0 Å². The molecule has 28 heavy (non-hydrogen) atoms. The van der Waals surface area contributed by atoms with Crippen LogP contribution >= 0.6 is 0 Å². The summed E-state index contributed by atoms with van der Waals surface area (Å²) in [4.78, 5) is 0. The molecule has 0 amide bonds. The molecule has 0 aliphatic rings. The van der Waals surface area contributed by atoms with Gasteiger partial charge in [-0.05, 0) is 41.0 Å². The van der Waals surface area contributed by atoms with Gasteiger partial charge in [0.2, 0.25) is 0 Å². The van der Waals surface area contributed by atoms with Crippen LogP contribution in [0.2, 0.25) is 0 Å². The molecule has 0 aromatic heterocycles. The largest absolute Gasteiger partial charge is 0.203 e. The predicted octanol–water partition coefficient (Wildman–Crippen LogP) is 7.43. The average Bonchev–Trinajstić information content (AvgIpc) is 2.73. The smallest absolute Gasteiger partial charge is 0.166 e. The van der Waals surface area contributed by atoms with Gasteiger partial charge in [0.25, 0.3) is 0 Å². The molecule has 0 saturated carbocycles. The highest BCUT2D eigenvalue weighted by Gasteiger charge is 2.11. The monoisotopic (exact) mass is 376 g/mol. The van der Waals surface area contributed by atoms with Crippen molar-refractivity contribution in [1.29, 1.82) is 0 Å².